The molecule has 1 saturated carbocycles. The summed E-state index contributed by atoms with van der Waals surface area (Å²) in [6.07, 6.45) is -9.72. The lowest BCUT2D eigenvalue weighted by Gasteiger charge is -2.49. The molecule has 3 aliphatic rings. The minimum atomic E-state index is -1.85. The lowest BCUT2D eigenvalue weighted by atomic mass is 9.83. The first kappa shape index (κ1) is 35.4. The number of likely N-dealkylation sites (N-methyl/N-ethyl adjacent to an activating group) is 1. The molecule has 0 radical (unpaired) electrons. The number of carbonyl (C=O) groups is 1. The molecule has 0 aromatic carbocycles. The summed E-state index contributed by atoms with van der Waals surface area (Å²) < 4.78 is 23.9. The molecule has 3 fully saturated rings. The summed E-state index contributed by atoms with van der Waals surface area (Å²) in [6.45, 7) is 2.55. The van der Waals surface area contributed by atoms with Gasteiger partial charge in [0.2, 0.25) is 0 Å². The van der Waals surface area contributed by atoms with Gasteiger partial charge in [0.15, 0.2) is 18.7 Å². The van der Waals surface area contributed by atoms with Crippen LogP contribution in [0.1, 0.15) is 26.2 Å². The van der Waals surface area contributed by atoms with Crippen LogP contribution >= 0.6 is 0 Å². The number of aliphatic hydroxyl groups excluding tert-OH is 4. The van der Waals surface area contributed by atoms with Crippen LogP contribution in [-0.4, -0.2) is 156 Å². The van der Waals surface area contributed by atoms with Gasteiger partial charge in [0.05, 0.1) is 30.8 Å². The molecule has 2 heterocycles. The first-order chi connectivity index (χ1) is 19.8. The maximum absolute atomic E-state index is 12.7. The maximum atomic E-state index is 12.7. The second-order valence-electron chi connectivity index (χ2n) is 11.6. The van der Waals surface area contributed by atoms with Gasteiger partial charge in [0, 0.05) is 32.2 Å². The van der Waals surface area contributed by atoms with E-state index in [0.29, 0.717) is 32.5 Å². The predicted octanol–water partition coefficient (Wildman–Crippen LogP) is -6.55. The molecule has 0 spiro atoms. The average molecular weight is 610 g/mol. The second kappa shape index (κ2) is 15.7. The van der Waals surface area contributed by atoms with Gasteiger partial charge in [-0.2, -0.15) is 0 Å². The van der Waals surface area contributed by atoms with E-state index in [4.69, 9.17) is 41.9 Å². The van der Waals surface area contributed by atoms with Crippen molar-refractivity contribution in [1.29, 1.82) is 0 Å². The molecule has 0 aromatic heterocycles. The minimum absolute atomic E-state index is 0.00298. The van der Waals surface area contributed by atoms with Crippen molar-refractivity contribution in [3.63, 3.8) is 0 Å². The third-order valence-electron chi connectivity index (χ3n) is 8.14. The number of amides is 1. The molecule has 14 atom stereocenters. The molecule has 14 unspecified atom stereocenters. The zero-order chi connectivity index (χ0) is 31.2. The molecule has 0 aromatic rings. The van der Waals surface area contributed by atoms with E-state index in [1.165, 1.54) is 6.92 Å². The Morgan fingerprint density at radius 3 is 2.40 bits per heavy atom. The van der Waals surface area contributed by atoms with Gasteiger partial charge < -0.3 is 83.4 Å². The maximum Gasteiger partial charge on any atom is 0.251 e. The smallest absolute Gasteiger partial charge is 0.251 e. The molecule has 17 nitrogen and oxygen atoms in total. The van der Waals surface area contributed by atoms with Gasteiger partial charge in [-0.1, -0.05) is 0 Å². The number of nitrogens with one attached hydrogen (secondary N) is 3. The quantitative estimate of drug-likeness (QED) is 0.0864. The highest BCUT2D eigenvalue weighted by Gasteiger charge is 2.52. The number of aliphatic hydroxyl groups is 5. The van der Waals surface area contributed by atoms with Gasteiger partial charge in [0.25, 0.3) is 5.91 Å². The second-order valence-corrected chi connectivity index (χ2v) is 11.6. The highest BCUT2D eigenvalue weighted by Crippen LogP contribution is 2.32. The van der Waals surface area contributed by atoms with Crippen LogP contribution in [0, 0.1) is 0 Å². The van der Waals surface area contributed by atoms with Crippen LogP contribution in [-0.2, 0) is 23.7 Å². The summed E-state index contributed by atoms with van der Waals surface area (Å²) in [5.74, 6) is -0.961. The summed E-state index contributed by atoms with van der Waals surface area (Å²) in [5, 5.41) is 61.7. The average Bonchev–Trinajstić information content (AvgIpc) is 2.94. The third kappa shape index (κ3) is 8.52. The summed E-state index contributed by atoms with van der Waals surface area (Å²) in [6, 6.07) is -3.21. The Labute approximate surface area is 245 Å². The van der Waals surface area contributed by atoms with Crippen molar-refractivity contribution in [3.8, 4) is 0 Å². The number of carbonyl (C=O) groups excluding carboxylic acids is 1. The van der Waals surface area contributed by atoms with E-state index in [9.17, 15) is 30.3 Å². The Hall–Kier alpha value is -1.13. The lowest BCUT2D eigenvalue weighted by molar-refractivity contribution is -0.307. The molecule has 42 heavy (non-hydrogen) atoms. The van der Waals surface area contributed by atoms with Crippen molar-refractivity contribution < 1.29 is 49.3 Å². The van der Waals surface area contributed by atoms with E-state index in [2.05, 4.69) is 16.0 Å². The molecule has 246 valence electrons. The van der Waals surface area contributed by atoms with Crippen LogP contribution in [0.3, 0.4) is 0 Å². The number of rotatable bonds is 13. The van der Waals surface area contributed by atoms with Crippen molar-refractivity contribution in [2.75, 3.05) is 39.8 Å². The number of hydrogen-bond acceptors (Lipinski definition) is 16. The van der Waals surface area contributed by atoms with Crippen LogP contribution in [0.4, 0.5) is 0 Å². The highest BCUT2D eigenvalue weighted by molar-refractivity contribution is 5.81. The minimum Gasteiger partial charge on any atom is -0.389 e. The van der Waals surface area contributed by atoms with Crippen LogP contribution in [0.2, 0.25) is 0 Å². The Bertz CT molecular complexity index is 847. The number of ether oxygens (including phenoxy) is 4. The first-order valence-electron chi connectivity index (χ1n) is 14.5. The van der Waals surface area contributed by atoms with E-state index in [0.717, 1.165) is 0 Å². The van der Waals surface area contributed by atoms with E-state index < -0.39 is 84.9 Å². The van der Waals surface area contributed by atoms with Crippen LogP contribution < -0.4 is 38.9 Å². The zero-order valence-corrected chi connectivity index (χ0v) is 24.2. The van der Waals surface area contributed by atoms with Gasteiger partial charge in [-0.25, -0.2) is 0 Å². The molecule has 1 aliphatic carbocycles. The van der Waals surface area contributed by atoms with E-state index in [-0.39, 0.29) is 25.7 Å². The largest absolute Gasteiger partial charge is 0.389 e. The van der Waals surface area contributed by atoms with E-state index in [1.54, 1.807) is 7.05 Å². The number of hydrogen-bond donors (Lipinski definition) is 12. The fourth-order valence-electron chi connectivity index (χ4n) is 5.71. The van der Waals surface area contributed by atoms with Crippen molar-refractivity contribution in [3.05, 3.63) is 0 Å². The third-order valence-corrected chi connectivity index (χ3v) is 8.14. The van der Waals surface area contributed by atoms with Crippen molar-refractivity contribution in [1.82, 2.24) is 16.0 Å². The predicted molar refractivity (Wildman–Crippen MR) is 148 cm³/mol. The van der Waals surface area contributed by atoms with Crippen LogP contribution in [0.5, 0.6) is 0 Å². The number of nitrogens with two attached hydrogens (primary N) is 4. The standard InChI is InChI=1S/C25H51N7O10/c1-25(38)10-39-24(18(36)21(25)30-2)42-20-14(32-22(37)16(34)15(33)8-27)7-13(29)19(17(20)35)41-23-12(28)4-3-11(40-23)9-31-6-5-26/h11-21,23-24,30-31,33-36,38H,3-10,26-29H2,1-2H3,(H,32,37). The van der Waals surface area contributed by atoms with Crippen molar-refractivity contribution in [2.45, 2.75) is 111 Å². The molecular weight excluding hydrogens is 558 g/mol. The molecule has 2 aliphatic heterocycles. The monoisotopic (exact) mass is 609 g/mol. The lowest BCUT2D eigenvalue weighted by Crippen LogP contribution is -2.69. The normalized spacial score (nSPS) is 42.6. The highest BCUT2D eigenvalue weighted by atomic mass is 16.7. The summed E-state index contributed by atoms with van der Waals surface area (Å²) in [4.78, 5) is 12.7. The van der Waals surface area contributed by atoms with Crippen molar-refractivity contribution in [2.24, 2.45) is 22.9 Å². The van der Waals surface area contributed by atoms with E-state index in [1.807, 2.05) is 0 Å². The van der Waals surface area contributed by atoms with Gasteiger partial charge in [0.1, 0.15) is 36.1 Å². The summed E-state index contributed by atoms with van der Waals surface area (Å²) in [7, 11) is 1.56. The fraction of sp³-hybridized carbons (Fsp3) is 0.960. The van der Waals surface area contributed by atoms with Crippen LogP contribution in [0.15, 0.2) is 0 Å². The van der Waals surface area contributed by atoms with Gasteiger partial charge in [-0.05, 0) is 33.2 Å². The molecule has 1 amide bonds. The van der Waals surface area contributed by atoms with Gasteiger partial charge in [-0.3, -0.25) is 4.79 Å². The molecule has 17 heteroatoms. The molecule has 0 bridgehead atoms. The van der Waals surface area contributed by atoms with E-state index >= 15 is 0 Å². The van der Waals surface area contributed by atoms with Gasteiger partial charge in [-0.15, -0.1) is 0 Å². The zero-order valence-electron chi connectivity index (χ0n) is 24.2. The molecular formula is C25H51N7O10. The van der Waals surface area contributed by atoms with Gasteiger partial charge >= 0.3 is 0 Å². The summed E-state index contributed by atoms with van der Waals surface area (Å²) >= 11 is 0. The SMILES string of the molecule is CNC1C(O)C(OC2C(NC(=O)C(O)C(O)CN)CC(N)C(OC3OC(CNCCN)CCC3N)C2O)OCC1(C)O. The Morgan fingerprint density at radius 1 is 1.07 bits per heavy atom. The van der Waals surface area contributed by atoms with Crippen LogP contribution in [0.25, 0.3) is 0 Å². The molecule has 2 saturated heterocycles. The molecule has 16 N–H and O–H groups in total. The van der Waals surface area contributed by atoms with Crippen molar-refractivity contribution >= 4 is 5.91 Å². The fourth-order valence-corrected chi connectivity index (χ4v) is 5.71. The Balaban J connectivity index is 1.80. The summed E-state index contributed by atoms with van der Waals surface area (Å²) in [5.41, 5.74) is 22.2. The first-order valence-corrected chi connectivity index (χ1v) is 14.5. The topological polar surface area (TPSA) is 295 Å². The Morgan fingerprint density at radius 2 is 1.76 bits per heavy atom. The molecule has 3 rings (SSSR count). The Kier molecular flexibility index (Phi) is 13.2.